The van der Waals surface area contributed by atoms with E-state index < -0.39 is 12.1 Å². The lowest BCUT2D eigenvalue weighted by Crippen LogP contribution is -2.40. The Kier molecular flexibility index (Phi) is 5.02. The normalized spacial score (nSPS) is 16.0. The van der Waals surface area contributed by atoms with Crippen LogP contribution in [0.25, 0.3) is 10.9 Å². The van der Waals surface area contributed by atoms with E-state index in [0.29, 0.717) is 5.56 Å². The van der Waals surface area contributed by atoms with E-state index in [2.05, 4.69) is 10.3 Å². The summed E-state index contributed by atoms with van der Waals surface area (Å²) < 4.78 is 5.43. The Balaban J connectivity index is 1.77. The number of esters is 1. The molecule has 25 heavy (non-hydrogen) atoms. The molecule has 1 N–H and O–H groups in total. The number of pyridine rings is 1. The minimum absolute atomic E-state index is 0.209. The number of aromatic nitrogens is 1. The van der Waals surface area contributed by atoms with Crippen LogP contribution in [0.3, 0.4) is 0 Å². The molecule has 1 saturated carbocycles. The minimum Gasteiger partial charge on any atom is -0.449 e. The summed E-state index contributed by atoms with van der Waals surface area (Å²) >= 11 is 0. The van der Waals surface area contributed by atoms with Gasteiger partial charge in [-0.3, -0.25) is 9.78 Å². The lowest BCUT2D eigenvalue weighted by Gasteiger charge is -2.17. The highest BCUT2D eigenvalue weighted by atomic mass is 16.5. The molecule has 1 aliphatic carbocycles. The first kappa shape index (κ1) is 17.4. The quantitative estimate of drug-likeness (QED) is 0.866. The maximum Gasteiger partial charge on any atom is 0.339 e. The van der Waals surface area contributed by atoms with Crippen molar-refractivity contribution in [3.8, 4) is 0 Å². The molecule has 0 aliphatic heterocycles. The monoisotopic (exact) mass is 340 g/mol. The highest BCUT2D eigenvalue weighted by Crippen LogP contribution is 2.22. The number of ether oxygens (including phenoxy) is 1. The molecule has 132 valence electrons. The second-order valence-corrected chi connectivity index (χ2v) is 6.87. The number of carbonyl (C=O) groups excluding carboxylic acids is 2. The van der Waals surface area contributed by atoms with E-state index >= 15 is 0 Å². The number of hydrogen-bond donors (Lipinski definition) is 1. The van der Waals surface area contributed by atoms with E-state index in [1.807, 2.05) is 32.0 Å². The molecule has 1 heterocycles. The topological polar surface area (TPSA) is 68.3 Å². The number of aryl methyl sites for hydroxylation is 2. The Hall–Kier alpha value is -2.43. The van der Waals surface area contributed by atoms with Crippen LogP contribution in [0.5, 0.6) is 0 Å². The summed E-state index contributed by atoms with van der Waals surface area (Å²) in [4.78, 5) is 29.3. The maximum atomic E-state index is 12.6. The van der Waals surface area contributed by atoms with E-state index in [1.54, 1.807) is 13.0 Å². The van der Waals surface area contributed by atoms with Gasteiger partial charge in [-0.05, 0) is 51.8 Å². The average molecular weight is 340 g/mol. The first-order valence-corrected chi connectivity index (χ1v) is 8.83. The van der Waals surface area contributed by atoms with Crippen molar-refractivity contribution in [2.24, 2.45) is 0 Å². The van der Waals surface area contributed by atoms with Gasteiger partial charge in [0.05, 0.1) is 11.1 Å². The van der Waals surface area contributed by atoms with Crippen molar-refractivity contribution in [1.82, 2.24) is 10.3 Å². The van der Waals surface area contributed by atoms with Crippen LogP contribution < -0.4 is 5.32 Å². The second-order valence-electron chi connectivity index (χ2n) is 6.87. The zero-order valence-electron chi connectivity index (χ0n) is 15.0. The predicted molar refractivity (Wildman–Crippen MR) is 96.5 cm³/mol. The number of rotatable bonds is 4. The van der Waals surface area contributed by atoms with Crippen LogP contribution in [0.1, 0.15) is 54.2 Å². The van der Waals surface area contributed by atoms with Crippen molar-refractivity contribution >= 4 is 22.8 Å². The van der Waals surface area contributed by atoms with Gasteiger partial charge < -0.3 is 10.1 Å². The van der Waals surface area contributed by atoms with E-state index in [9.17, 15) is 9.59 Å². The molecule has 1 amide bonds. The Morgan fingerprint density at radius 1 is 1.20 bits per heavy atom. The maximum absolute atomic E-state index is 12.6. The van der Waals surface area contributed by atoms with Crippen LogP contribution in [-0.2, 0) is 9.53 Å². The van der Waals surface area contributed by atoms with E-state index in [1.165, 1.54) is 0 Å². The molecule has 1 aromatic heterocycles. The Labute approximate surface area is 147 Å². The second kappa shape index (κ2) is 7.21. The molecule has 0 spiro atoms. The number of benzene rings is 1. The molecule has 1 fully saturated rings. The molecule has 3 rings (SSSR count). The fraction of sp³-hybridized carbons (Fsp3) is 0.450. The van der Waals surface area contributed by atoms with Gasteiger partial charge in [0.15, 0.2) is 6.10 Å². The SMILES string of the molecule is Cc1ccc2nc(C)cc(C(=O)OC(C)C(=O)NC3CCCC3)c2c1. The van der Waals surface area contributed by atoms with Crippen molar-refractivity contribution < 1.29 is 14.3 Å². The molecule has 0 radical (unpaired) electrons. The number of nitrogens with one attached hydrogen (secondary N) is 1. The van der Waals surface area contributed by atoms with Gasteiger partial charge in [0, 0.05) is 17.1 Å². The molecule has 0 bridgehead atoms. The van der Waals surface area contributed by atoms with Crippen LogP contribution in [0.2, 0.25) is 0 Å². The summed E-state index contributed by atoms with van der Waals surface area (Å²) in [5, 5.41) is 3.71. The third kappa shape index (κ3) is 3.98. The van der Waals surface area contributed by atoms with Crippen LogP contribution in [-0.4, -0.2) is 29.0 Å². The van der Waals surface area contributed by atoms with Gasteiger partial charge in [-0.1, -0.05) is 24.5 Å². The molecular weight excluding hydrogens is 316 g/mol. The third-order valence-corrected chi connectivity index (χ3v) is 4.67. The van der Waals surface area contributed by atoms with Gasteiger partial charge in [0.2, 0.25) is 0 Å². The van der Waals surface area contributed by atoms with E-state index in [0.717, 1.165) is 47.8 Å². The number of hydrogen-bond acceptors (Lipinski definition) is 4. The summed E-state index contributed by atoms with van der Waals surface area (Å²) in [6.45, 7) is 5.42. The third-order valence-electron chi connectivity index (χ3n) is 4.67. The van der Waals surface area contributed by atoms with Crippen LogP contribution in [0.15, 0.2) is 24.3 Å². The van der Waals surface area contributed by atoms with Gasteiger partial charge in [-0.25, -0.2) is 4.79 Å². The first-order chi connectivity index (χ1) is 11.9. The zero-order chi connectivity index (χ0) is 18.0. The smallest absolute Gasteiger partial charge is 0.339 e. The predicted octanol–water partition coefficient (Wildman–Crippen LogP) is 3.46. The number of nitrogens with zero attached hydrogens (tertiary/aromatic N) is 1. The summed E-state index contributed by atoms with van der Waals surface area (Å²) in [6, 6.07) is 7.69. The van der Waals surface area contributed by atoms with E-state index in [4.69, 9.17) is 4.74 Å². The van der Waals surface area contributed by atoms with Gasteiger partial charge in [-0.2, -0.15) is 0 Å². The lowest BCUT2D eigenvalue weighted by molar-refractivity contribution is -0.129. The average Bonchev–Trinajstić information content (AvgIpc) is 3.07. The van der Waals surface area contributed by atoms with E-state index in [-0.39, 0.29) is 11.9 Å². The van der Waals surface area contributed by atoms with Gasteiger partial charge in [-0.15, -0.1) is 0 Å². The molecule has 5 nitrogen and oxygen atoms in total. The fourth-order valence-electron chi connectivity index (χ4n) is 3.31. The Morgan fingerprint density at radius 3 is 2.64 bits per heavy atom. The molecule has 5 heteroatoms. The molecule has 1 aromatic carbocycles. The van der Waals surface area contributed by atoms with Crippen molar-refractivity contribution in [3.05, 3.63) is 41.1 Å². The van der Waals surface area contributed by atoms with Crippen LogP contribution in [0, 0.1) is 13.8 Å². The Bertz CT molecular complexity index is 810. The largest absolute Gasteiger partial charge is 0.449 e. The Morgan fingerprint density at radius 2 is 1.92 bits per heavy atom. The lowest BCUT2D eigenvalue weighted by atomic mass is 10.1. The van der Waals surface area contributed by atoms with Gasteiger partial charge in [0.1, 0.15) is 0 Å². The molecule has 1 unspecified atom stereocenters. The van der Waals surface area contributed by atoms with Gasteiger partial charge in [0.25, 0.3) is 5.91 Å². The molecule has 2 aromatic rings. The first-order valence-electron chi connectivity index (χ1n) is 8.83. The fourth-order valence-corrected chi connectivity index (χ4v) is 3.31. The standard InChI is InChI=1S/C20H24N2O3/c1-12-8-9-18-16(10-12)17(11-13(2)21-18)20(24)25-14(3)19(23)22-15-6-4-5-7-15/h8-11,14-15H,4-7H2,1-3H3,(H,22,23). The highest BCUT2D eigenvalue weighted by Gasteiger charge is 2.24. The highest BCUT2D eigenvalue weighted by molar-refractivity contribution is 6.04. The summed E-state index contributed by atoms with van der Waals surface area (Å²) in [5.74, 6) is -0.721. The summed E-state index contributed by atoms with van der Waals surface area (Å²) in [6.07, 6.45) is 3.46. The van der Waals surface area contributed by atoms with Crippen molar-refractivity contribution in [2.75, 3.05) is 0 Å². The number of fused-ring (bicyclic) bond motifs is 1. The summed E-state index contributed by atoms with van der Waals surface area (Å²) in [7, 11) is 0. The van der Waals surface area contributed by atoms with Crippen LogP contribution >= 0.6 is 0 Å². The number of amides is 1. The van der Waals surface area contributed by atoms with Crippen LogP contribution in [0.4, 0.5) is 0 Å². The van der Waals surface area contributed by atoms with Crippen molar-refractivity contribution in [2.45, 2.75) is 58.6 Å². The number of carbonyl (C=O) groups is 2. The zero-order valence-corrected chi connectivity index (χ0v) is 15.0. The minimum atomic E-state index is -0.818. The molecule has 0 saturated heterocycles. The van der Waals surface area contributed by atoms with Crippen molar-refractivity contribution in [3.63, 3.8) is 0 Å². The molecular formula is C20H24N2O3. The molecule has 1 atom stereocenters. The van der Waals surface area contributed by atoms with Crippen molar-refractivity contribution in [1.29, 1.82) is 0 Å². The molecule has 1 aliphatic rings. The summed E-state index contributed by atoms with van der Waals surface area (Å²) in [5.41, 5.74) is 2.98. The van der Waals surface area contributed by atoms with Gasteiger partial charge >= 0.3 is 5.97 Å².